The van der Waals surface area contributed by atoms with Crippen molar-refractivity contribution in [2.24, 2.45) is 0 Å². The Morgan fingerprint density at radius 3 is 2.47 bits per heavy atom. The number of phenolic OH excluding ortho intramolecular Hbond substituents is 2. The van der Waals surface area contributed by atoms with Crippen molar-refractivity contribution in [3.8, 4) is 11.5 Å². The molecule has 1 aromatic carbocycles. The fourth-order valence-electron chi connectivity index (χ4n) is 1.62. The number of aromatic hydroxyl groups is 2. The Morgan fingerprint density at radius 2 is 1.95 bits per heavy atom. The Labute approximate surface area is 110 Å². The van der Waals surface area contributed by atoms with E-state index in [4.69, 9.17) is 9.84 Å². The zero-order chi connectivity index (χ0) is 14.6. The van der Waals surface area contributed by atoms with Crippen molar-refractivity contribution in [3.05, 3.63) is 23.3 Å². The van der Waals surface area contributed by atoms with Gasteiger partial charge in [0.05, 0.1) is 6.10 Å². The van der Waals surface area contributed by atoms with E-state index in [0.717, 1.165) is 6.07 Å². The molecule has 1 aromatic rings. The van der Waals surface area contributed by atoms with Crippen LogP contribution in [-0.4, -0.2) is 39.8 Å². The van der Waals surface area contributed by atoms with E-state index in [1.807, 2.05) is 0 Å². The van der Waals surface area contributed by atoms with Crippen molar-refractivity contribution < 1.29 is 29.6 Å². The van der Waals surface area contributed by atoms with Crippen LogP contribution in [-0.2, 0) is 9.53 Å². The van der Waals surface area contributed by atoms with E-state index in [1.54, 1.807) is 0 Å². The number of hydrogen-bond acceptors (Lipinski definition) is 6. The zero-order valence-corrected chi connectivity index (χ0v) is 10.7. The number of ether oxygens (including phenoxy) is 1. The van der Waals surface area contributed by atoms with Crippen LogP contribution in [0.25, 0.3) is 0 Å². The Hall–Kier alpha value is -2.08. The fraction of sp³-hybridized carbons (Fsp3) is 0.385. The van der Waals surface area contributed by atoms with Gasteiger partial charge in [-0.15, -0.1) is 0 Å². The highest BCUT2D eigenvalue weighted by atomic mass is 16.5. The van der Waals surface area contributed by atoms with Crippen LogP contribution in [0.1, 0.15) is 29.3 Å². The number of Topliss-reactive ketones (excluding diaryl/α,β-unsaturated/α-hetero) is 1. The fourth-order valence-corrected chi connectivity index (χ4v) is 1.62. The van der Waals surface area contributed by atoms with Crippen molar-refractivity contribution in [1.29, 1.82) is 0 Å². The lowest BCUT2D eigenvalue weighted by Gasteiger charge is -2.09. The lowest BCUT2D eigenvalue weighted by Crippen LogP contribution is -2.18. The van der Waals surface area contributed by atoms with Gasteiger partial charge in [0.2, 0.25) is 0 Å². The number of aryl methyl sites for hydroxylation is 1. The second kappa shape index (κ2) is 6.19. The highest BCUT2D eigenvalue weighted by Crippen LogP contribution is 2.27. The molecule has 1 rings (SSSR count). The molecule has 3 N–H and O–H groups in total. The number of hydrogen-bond donors (Lipinski definition) is 3. The molecule has 0 aliphatic carbocycles. The van der Waals surface area contributed by atoms with Gasteiger partial charge in [0.25, 0.3) is 0 Å². The number of aliphatic hydroxyl groups is 1. The minimum absolute atomic E-state index is 0.0948. The molecule has 104 valence electrons. The number of carbonyl (C=O) groups excluding carboxylic acids is 2. The van der Waals surface area contributed by atoms with Gasteiger partial charge in [-0.1, -0.05) is 0 Å². The third kappa shape index (κ3) is 4.26. The maximum absolute atomic E-state index is 11.7. The number of rotatable bonds is 5. The van der Waals surface area contributed by atoms with Crippen molar-refractivity contribution in [2.45, 2.75) is 26.4 Å². The van der Waals surface area contributed by atoms with Gasteiger partial charge < -0.3 is 20.1 Å². The first-order chi connectivity index (χ1) is 8.81. The maximum atomic E-state index is 11.7. The lowest BCUT2D eigenvalue weighted by molar-refractivity contribution is -0.123. The SMILES string of the molecule is Cc1cc(O)cc(O)c1C(=O)OCC(=O)C[C@H](C)O. The number of ketones is 1. The Bertz CT molecular complexity index is 469. The van der Waals surface area contributed by atoms with Crippen LogP contribution < -0.4 is 0 Å². The Kier molecular flexibility index (Phi) is 4.88. The molecular weight excluding hydrogens is 252 g/mol. The average Bonchev–Trinajstić information content (AvgIpc) is 2.23. The van der Waals surface area contributed by atoms with E-state index >= 15 is 0 Å². The molecule has 6 heteroatoms. The van der Waals surface area contributed by atoms with Gasteiger partial charge in [-0.2, -0.15) is 0 Å². The zero-order valence-electron chi connectivity index (χ0n) is 10.7. The third-order valence-electron chi connectivity index (χ3n) is 2.39. The largest absolute Gasteiger partial charge is 0.508 e. The number of aliphatic hydroxyl groups excluding tert-OH is 1. The number of carbonyl (C=O) groups is 2. The lowest BCUT2D eigenvalue weighted by atomic mass is 10.1. The standard InChI is InChI=1S/C13H16O6/c1-7-3-9(15)5-11(17)12(7)13(18)19-6-10(16)4-8(2)14/h3,5,8,14-15,17H,4,6H2,1-2H3/t8-/m0/s1. The number of esters is 1. The quantitative estimate of drug-likeness (QED) is 0.685. The van der Waals surface area contributed by atoms with Crippen LogP contribution in [0.5, 0.6) is 11.5 Å². The summed E-state index contributed by atoms with van der Waals surface area (Å²) in [7, 11) is 0. The molecule has 0 saturated heterocycles. The van der Waals surface area contributed by atoms with E-state index in [9.17, 15) is 19.8 Å². The van der Waals surface area contributed by atoms with E-state index in [1.165, 1.54) is 19.9 Å². The molecule has 0 unspecified atom stereocenters. The normalized spacial score (nSPS) is 11.9. The third-order valence-corrected chi connectivity index (χ3v) is 2.39. The minimum Gasteiger partial charge on any atom is -0.508 e. The van der Waals surface area contributed by atoms with Crippen LogP contribution in [0, 0.1) is 6.92 Å². The summed E-state index contributed by atoms with van der Waals surface area (Å²) in [5, 5.41) is 27.8. The molecule has 6 nitrogen and oxygen atoms in total. The second-order valence-corrected chi connectivity index (χ2v) is 4.32. The second-order valence-electron chi connectivity index (χ2n) is 4.32. The first-order valence-corrected chi connectivity index (χ1v) is 5.70. The molecule has 0 spiro atoms. The summed E-state index contributed by atoms with van der Waals surface area (Å²) < 4.78 is 4.75. The summed E-state index contributed by atoms with van der Waals surface area (Å²) in [4.78, 5) is 23.0. The summed E-state index contributed by atoms with van der Waals surface area (Å²) in [6.07, 6.45) is -0.900. The molecule has 0 radical (unpaired) electrons. The van der Waals surface area contributed by atoms with Gasteiger partial charge in [-0.25, -0.2) is 4.79 Å². The highest BCUT2D eigenvalue weighted by Gasteiger charge is 2.18. The van der Waals surface area contributed by atoms with Crippen LogP contribution >= 0.6 is 0 Å². The molecule has 0 aromatic heterocycles. The summed E-state index contributed by atoms with van der Waals surface area (Å²) >= 11 is 0. The minimum atomic E-state index is -0.853. The summed E-state index contributed by atoms with van der Waals surface area (Å²) in [6, 6.07) is 2.31. The predicted octanol–water partition coefficient (Wildman–Crippen LogP) is 0.903. The molecule has 19 heavy (non-hydrogen) atoms. The van der Waals surface area contributed by atoms with Crippen molar-refractivity contribution >= 4 is 11.8 Å². The smallest absolute Gasteiger partial charge is 0.342 e. The first-order valence-electron chi connectivity index (χ1n) is 5.70. The van der Waals surface area contributed by atoms with Gasteiger partial charge in [0.1, 0.15) is 23.7 Å². The molecule has 0 fully saturated rings. The maximum Gasteiger partial charge on any atom is 0.342 e. The van der Waals surface area contributed by atoms with Crippen LogP contribution in [0.4, 0.5) is 0 Å². The predicted molar refractivity (Wildman–Crippen MR) is 66.1 cm³/mol. The van der Waals surface area contributed by atoms with Gasteiger partial charge in [-0.05, 0) is 25.5 Å². The summed E-state index contributed by atoms with van der Waals surface area (Å²) in [6.45, 7) is 2.51. The van der Waals surface area contributed by atoms with Gasteiger partial charge in [0, 0.05) is 12.5 Å². The number of phenols is 2. The molecule has 0 bridgehead atoms. The van der Waals surface area contributed by atoms with E-state index in [0.29, 0.717) is 5.56 Å². The molecule has 0 saturated carbocycles. The Balaban J connectivity index is 2.72. The van der Waals surface area contributed by atoms with Crippen molar-refractivity contribution in [1.82, 2.24) is 0 Å². The topological polar surface area (TPSA) is 104 Å². The van der Waals surface area contributed by atoms with E-state index < -0.39 is 30.2 Å². The van der Waals surface area contributed by atoms with Crippen LogP contribution in [0.15, 0.2) is 12.1 Å². The first kappa shape index (κ1) is 15.0. The van der Waals surface area contributed by atoms with Gasteiger partial charge >= 0.3 is 5.97 Å². The van der Waals surface area contributed by atoms with E-state index in [-0.39, 0.29) is 17.7 Å². The monoisotopic (exact) mass is 268 g/mol. The van der Waals surface area contributed by atoms with Crippen LogP contribution in [0.3, 0.4) is 0 Å². The molecule has 0 amide bonds. The summed E-state index contributed by atoms with van der Waals surface area (Å²) in [5.41, 5.74) is 0.244. The molecular formula is C13H16O6. The van der Waals surface area contributed by atoms with Crippen molar-refractivity contribution in [3.63, 3.8) is 0 Å². The molecule has 0 heterocycles. The Morgan fingerprint density at radius 1 is 1.32 bits per heavy atom. The number of benzene rings is 1. The molecule has 0 aliphatic rings. The molecule has 1 atom stereocenters. The summed E-state index contributed by atoms with van der Waals surface area (Å²) in [5.74, 6) is -1.85. The van der Waals surface area contributed by atoms with Crippen LogP contribution in [0.2, 0.25) is 0 Å². The molecule has 0 aliphatic heterocycles. The van der Waals surface area contributed by atoms with Gasteiger partial charge in [0.15, 0.2) is 5.78 Å². The average molecular weight is 268 g/mol. The highest BCUT2D eigenvalue weighted by molar-refractivity contribution is 5.95. The van der Waals surface area contributed by atoms with E-state index in [2.05, 4.69) is 0 Å². The van der Waals surface area contributed by atoms with Crippen molar-refractivity contribution in [2.75, 3.05) is 6.61 Å². The van der Waals surface area contributed by atoms with Gasteiger partial charge in [-0.3, -0.25) is 4.79 Å².